The zero-order chi connectivity index (χ0) is 26.6. The molecule has 9 rings (SSSR count). The molecule has 4 aromatic heterocycles. The van der Waals surface area contributed by atoms with Crippen molar-refractivity contribution >= 4 is 28.4 Å². The number of aromatic amines is 1. The quantitative estimate of drug-likeness (QED) is 0.297. The molecule has 0 radical (unpaired) electrons. The summed E-state index contributed by atoms with van der Waals surface area (Å²) in [5.74, 6) is 3.80. The second kappa shape index (κ2) is 9.38. The molecule has 3 aliphatic heterocycles. The van der Waals surface area contributed by atoms with Crippen molar-refractivity contribution in [1.29, 1.82) is 0 Å². The number of hydrogen-bond donors (Lipinski definition) is 2. The fourth-order valence-electron chi connectivity index (χ4n) is 6.04. The largest absolute Gasteiger partial charge is 0.353 e. The van der Waals surface area contributed by atoms with E-state index in [9.17, 15) is 0 Å². The lowest BCUT2D eigenvalue weighted by molar-refractivity contribution is -0.00968. The molecule has 0 amide bonds. The van der Waals surface area contributed by atoms with Crippen LogP contribution >= 0.6 is 0 Å². The van der Waals surface area contributed by atoms with Gasteiger partial charge in [-0.3, -0.25) is 15.0 Å². The van der Waals surface area contributed by atoms with E-state index in [1.165, 1.54) is 30.5 Å². The van der Waals surface area contributed by atoms with Crippen LogP contribution in [0, 0.1) is 6.92 Å². The Balaban J connectivity index is 1.00. The van der Waals surface area contributed by atoms with E-state index < -0.39 is 0 Å². The van der Waals surface area contributed by atoms with Gasteiger partial charge in [-0.1, -0.05) is 18.2 Å². The summed E-state index contributed by atoms with van der Waals surface area (Å²) in [6.07, 6.45) is 7.57. The van der Waals surface area contributed by atoms with Gasteiger partial charge < -0.3 is 10.2 Å². The summed E-state index contributed by atoms with van der Waals surface area (Å²) >= 11 is 0. The van der Waals surface area contributed by atoms with Gasteiger partial charge in [0.2, 0.25) is 0 Å². The Hall–Kier alpha value is -4.37. The summed E-state index contributed by atoms with van der Waals surface area (Å²) in [6.45, 7) is 4.98. The molecule has 0 spiro atoms. The van der Waals surface area contributed by atoms with E-state index in [0.717, 1.165) is 59.2 Å². The van der Waals surface area contributed by atoms with Crippen LogP contribution in [-0.4, -0.2) is 60.2 Å². The number of nitrogens with one attached hydrogen (secondary N) is 2. The average Bonchev–Trinajstić information content (AvgIpc) is 3.75. The molecule has 3 saturated heterocycles. The highest BCUT2D eigenvalue weighted by Crippen LogP contribution is 2.40. The SMILES string of the molecule is Cc1ccc(CN2C3CC2CN(c2ccc(-c4nc(Nc5cc(C6CC6)[nH]n5)c5ccccc5n4)cn2)C3)nc1. The molecule has 200 valence electrons. The number of piperazine rings is 1. The minimum Gasteiger partial charge on any atom is -0.353 e. The molecule has 2 bridgehead atoms. The van der Waals surface area contributed by atoms with Crippen LogP contribution in [0.4, 0.5) is 17.5 Å². The maximum absolute atomic E-state index is 4.91. The van der Waals surface area contributed by atoms with E-state index in [2.05, 4.69) is 67.6 Å². The van der Waals surface area contributed by atoms with Crippen molar-refractivity contribution in [2.24, 2.45) is 0 Å². The van der Waals surface area contributed by atoms with Gasteiger partial charge in [-0.05, 0) is 62.1 Å². The predicted molar refractivity (Wildman–Crippen MR) is 156 cm³/mol. The van der Waals surface area contributed by atoms with Gasteiger partial charge in [-0.15, -0.1) is 0 Å². The summed E-state index contributed by atoms with van der Waals surface area (Å²) in [6, 6.07) is 19.7. The molecular weight excluding hydrogens is 498 g/mol. The molecule has 4 fully saturated rings. The van der Waals surface area contributed by atoms with Crippen LogP contribution in [0.3, 0.4) is 0 Å². The van der Waals surface area contributed by atoms with Gasteiger partial charge in [0.15, 0.2) is 11.6 Å². The van der Waals surface area contributed by atoms with Crippen molar-refractivity contribution in [2.75, 3.05) is 23.3 Å². The van der Waals surface area contributed by atoms with E-state index in [1.807, 2.05) is 36.7 Å². The molecule has 5 aromatic rings. The minimum atomic E-state index is 0.545. The number of aromatic nitrogens is 6. The molecule has 7 heterocycles. The van der Waals surface area contributed by atoms with Gasteiger partial charge in [-0.25, -0.2) is 15.0 Å². The first-order valence-electron chi connectivity index (χ1n) is 14.1. The number of hydrogen-bond acceptors (Lipinski definition) is 8. The second-order valence-corrected chi connectivity index (χ2v) is 11.4. The first-order chi connectivity index (χ1) is 19.7. The summed E-state index contributed by atoms with van der Waals surface area (Å²) in [7, 11) is 0. The zero-order valence-electron chi connectivity index (χ0n) is 22.5. The first-order valence-corrected chi connectivity index (χ1v) is 14.1. The predicted octanol–water partition coefficient (Wildman–Crippen LogP) is 5.20. The van der Waals surface area contributed by atoms with Gasteiger partial charge in [-0.2, -0.15) is 5.10 Å². The van der Waals surface area contributed by atoms with E-state index in [1.54, 1.807) is 0 Å². The number of fused-ring (bicyclic) bond motifs is 3. The van der Waals surface area contributed by atoms with Crippen LogP contribution in [0.25, 0.3) is 22.3 Å². The van der Waals surface area contributed by atoms with Gasteiger partial charge in [0.1, 0.15) is 11.6 Å². The summed E-state index contributed by atoms with van der Waals surface area (Å²) in [4.78, 5) is 24.2. The van der Waals surface area contributed by atoms with Crippen molar-refractivity contribution in [3.8, 4) is 11.4 Å². The Bertz CT molecular complexity index is 1660. The van der Waals surface area contributed by atoms with Crippen molar-refractivity contribution < 1.29 is 0 Å². The van der Waals surface area contributed by atoms with Crippen LogP contribution < -0.4 is 10.2 Å². The van der Waals surface area contributed by atoms with Crippen molar-refractivity contribution in [3.63, 3.8) is 0 Å². The third kappa shape index (κ3) is 4.36. The van der Waals surface area contributed by atoms with E-state index >= 15 is 0 Å². The Morgan fingerprint density at radius 3 is 2.60 bits per heavy atom. The van der Waals surface area contributed by atoms with Crippen molar-refractivity contribution in [1.82, 2.24) is 35.0 Å². The van der Waals surface area contributed by atoms with Gasteiger partial charge in [0, 0.05) is 72.7 Å². The number of nitrogens with zero attached hydrogens (tertiary/aromatic N) is 7. The van der Waals surface area contributed by atoms with E-state index in [4.69, 9.17) is 15.0 Å². The Morgan fingerprint density at radius 1 is 0.950 bits per heavy atom. The highest BCUT2D eigenvalue weighted by molar-refractivity contribution is 5.92. The fraction of sp³-hybridized carbons (Fsp3) is 0.323. The van der Waals surface area contributed by atoms with Crippen LogP contribution in [0.15, 0.2) is 67.0 Å². The molecule has 40 heavy (non-hydrogen) atoms. The average molecular weight is 530 g/mol. The third-order valence-electron chi connectivity index (χ3n) is 8.46. The molecular formula is C31H31N9. The smallest absolute Gasteiger partial charge is 0.163 e. The van der Waals surface area contributed by atoms with Crippen LogP contribution in [0.1, 0.15) is 42.1 Å². The monoisotopic (exact) mass is 529 g/mol. The Morgan fingerprint density at radius 2 is 1.82 bits per heavy atom. The van der Waals surface area contributed by atoms with Gasteiger partial charge in [0.05, 0.1) is 11.2 Å². The molecule has 4 aliphatic rings. The van der Waals surface area contributed by atoms with Crippen molar-refractivity contribution in [3.05, 3.63) is 83.9 Å². The fourth-order valence-corrected chi connectivity index (χ4v) is 6.04. The number of rotatable bonds is 7. The second-order valence-electron chi connectivity index (χ2n) is 11.4. The minimum absolute atomic E-state index is 0.545. The lowest BCUT2D eigenvalue weighted by Crippen LogP contribution is -2.68. The number of anilines is 3. The lowest BCUT2D eigenvalue weighted by atomic mass is 9.87. The highest BCUT2D eigenvalue weighted by atomic mass is 15.4. The topological polar surface area (TPSA) is 98.8 Å². The number of aryl methyl sites for hydroxylation is 1. The number of para-hydroxylation sites is 1. The number of benzene rings is 1. The standard InChI is InChI=1S/C31H31N9/c1-19-6-10-22(32-14-19)16-40-23-12-24(40)18-39(17-23)29-11-9-21(15-33-29)30-34-26-5-3-2-4-25(26)31(36-30)35-28-13-27(37-38-28)20-7-8-20/h2-6,9-11,13-15,20,23-24H,7-8,12,16-18H2,1H3,(H2,34,35,36,37,38). The van der Waals surface area contributed by atoms with Gasteiger partial charge in [0.25, 0.3) is 0 Å². The maximum atomic E-state index is 4.91. The Kier molecular flexibility index (Phi) is 5.51. The molecule has 1 aliphatic carbocycles. The van der Waals surface area contributed by atoms with E-state index in [0.29, 0.717) is 23.8 Å². The highest BCUT2D eigenvalue weighted by Gasteiger charge is 2.44. The Labute approximate surface area is 232 Å². The molecule has 1 aromatic carbocycles. The zero-order valence-corrected chi connectivity index (χ0v) is 22.5. The molecule has 2 atom stereocenters. The molecule has 2 N–H and O–H groups in total. The van der Waals surface area contributed by atoms with E-state index in [-0.39, 0.29) is 0 Å². The summed E-state index contributed by atoms with van der Waals surface area (Å²) in [5, 5.41) is 12.0. The number of H-pyrrole nitrogens is 1. The lowest BCUT2D eigenvalue weighted by Gasteiger charge is -2.56. The number of piperidine rings is 1. The van der Waals surface area contributed by atoms with Crippen molar-refractivity contribution in [2.45, 2.75) is 50.7 Å². The normalized spacial score (nSPS) is 20.5. The first kappa shape index (κ1) is 23.5. The summed E-state index contributed by atoms with van der Waals surface area (Å²) in [5.41, 5.74) is 5.32. The van der Waals surface area contributed by atoms with Crippen LogP contribution in [-0.2, 0) is 6.54 Å². The van der Waals surface area contributed by atoms with Crippen LogP contribution in [0.5, 0.6) is 0 Å². The third-order valence-corrected chi connectivity index (χ3v) is 8.46. The molecule has 9 heteroatoms. The number of pyridine rings is 2. The van der Waals surface area contributed by atoms with Gasteiger partial charge >= 0.3 is 0 Å². The maximum Gasteiger partial charge on any atom is 0.163 e. The molecule has 2 unspecified atom stereocenters. The van der Waals surface area contributed by atoms with Crippen LogP contribution in [0.2, 0.25) is 0 Å². The molecule has 9 nitrogen and oxygen atoms in total. The summed E-state index contributed by atoms with van der Waals surface area (Å²) < 4.78 is 0. The molecule has 1 saturated carbocycles.